The molecule has 2 aliphatic heterocycles. The van der Waals surface area contributed by atoms with Crippen LogP contribution < -0.4 is 4.74 Å². The molecule has 0 spiro atoms. The number of esters is 1. The van der Waals surface area contributed by atoms with Gasteiger partial charge in [0.1, 0.15) is 12.6 Å². The predicted molar refractivity (Wildman–Crippen MR) is 124 cm³/mol. The van der Waals surface area contributed by atoms with Crippen LogP contribution in [0.2, 0.25) is 0 Å². The van der Waals surface area contributed by atoms with Crippen molar-refractivity contribution in [1.82, 2.24) is 14.8 Å². The van der Waals surface area contributed by atoms with E-state index in [0.29, 0.717) is 25.5 Å². The largest absolute Gasteiger partial charge is 0.478 e. The van der Waals surface area contributed by atoms with E-state index in [0.717, 1.165) is 50.0 Å². The number of aromatic nitrogens is 1. The Labute approximate surface area is 195 Å². The van der Waals surface area contributed by atoms with Gasteiger partial charge >= 0.3 is 5.97 Å². The summed E-state index contributed by atoms with van der Waals surface area (Å²) in [5.74, 6) is 0.462. The summed E-state index contributed by atoms with van der Waals surface area (Å²) >= 11 is 0. The zero-order valence-electron chi connectivity index (χ0n) is 19.3. The molecular formula is C26H33N3O4. The monoisotopic (exact) mass is 451 g/mol. The molecule has 7 heteroatoms. The van der Waals surface area contributed by atoms with Gasteiger partial charge in [-0.3, -0.25) is 9.69 Å². The number of benzene rings is 1. The van der Waals surface area contributed by atoms with Gasteiger partial charge in [-0.25, -0.2) is 9.78 Å². The maximum Gasteiger partial charge on any atom is 0.329 e. The van der Waals surface area contributed by atoms with Crippen LogP contribution in [-0.2, 0) is 27.5 Å². The summed E-state index contributed by atoms with van der Waals surface area (Å²) in [4.78, 5) is 34.4. The zero-order valence-corrected chi connectivity index (χ0v) is 19.3. The van der Waals surface area contributed by atoms with Gasteiger partial charge in [-0.2, -0.15) is 0 Å². The summed E-state index contributed by atoms with van der Waals surface area (Å²) in [6.45, 7) is 5.88. The molecule has 2 aromatic rings. The third-order valence-corrected chi connectivity index (χ3v) is 6.49. The quantitative estimate of drug-likeness (QED) is 0.573. The number of rotatable bonds is 8. The number of carbonyl (C=O) groups is 2. The average molecular weight is 452 g/mol. The first-order valence-corrected chi connectivity index (χ1v) is 12.0. The molecule has 2 aliphatic rings. The SMILES string of the molecule is CCOc1ncccc1CN1CCC(C(=O)N2CCC[C@H]2C(=O)OCc2ccccc2)CC1. The molecule has 176 valence electrons. The molecule has 2 saturated heterocycles. The lowest BCUT2D eigenvalue weighted by atomic mass is 9.94. The molecule has 0 saturated carbocycles. The van der Waals surface area contributed by atoms with Crippen molar-refractivity contribution in [2.45, 2.75) is 51.8 Å². The van der Waals surface area contributed by atoms with Crippen LogP contribution in [0.25, 0.3) is 0 Å². The Morgan fingerprint density at radius 3 is 2.58 bits per heavy atom. The highest BCUT2D eigenvalue weighted by Crippen LogP contribution is 2.27. The third-order valence-electron chi connectivity index (χ3n) is 6.49. The molecule has 3 heterocycles. The third kappa shape index (κ3) is 5.90. The second-order valence-corrected chi connectivity index (χ2v) is 8.73. The lowest BCUT2D eigenvalue weighted by molar-refractivity contribution is -0.156. The summed E-state index contributed by atoms with van der Waals surface area (Å²) in [5.41, 5.74) is 2.03. The molecule has 1 aromatic heterocycles. The summed E-state index contributed by atoms with van der Waals surface area (Å²) < 4.78 is 11.2. The highest BCUT2D eigenvalue weighted by molar-refractivity contribution is 5.86. The lowest BCUT2D eigenvalue weighted by Crippen LogP contribution is -2.47. The highest BCUT2D eigenvalue weighted by atomic mass is 16.5. The van der Waals surface area contributed by atoms with Crippen LogP contribution in [0, 0.1) is 5.92 Å². The maximum atomic E-state index is 13.3. The number of likely N-dealkylation sites (tertiary alicyclic amines) is 2. The van der Waals surface area contributed by atoms with E-state index in [9.17, 15) is 9.59 Å². The summed E-state index contributed by atoms with van der Waals surface area (Å²) in [5, 5.41) is 0. The normalized spacial score (nSPS) is 19.4. The molecule has 2 fully saturated rings. The maximum absolute atomic E-state index is 13.3. The summed E-state index contributed by atoms with van der Waals surface area (Å²) in [6, 6.07) is 13.2. The average Bonchev–Trinajstić information content (AvgIpc) is 3.35. The minimum absolute atomic E-state index is 0.0379. The number of ether oxygens (including phenoxy) is 2. The van der Waals surface area contributed by atoms with Gasteiger partial charge in [-0.15, -0.1) is 0 Å². The Morgan fingerprint density at radius 2 is 1.82 bits per heavy atom. The fraction of sp³-hybridized carbons (Fsp3) is 0.500. The second kappa shape index (κ2) is 11.3. The van der Waals surface area contributed by atoms with Crippen LogP contribution in [0.4, 0.5) is 0 Å². The van der Waals surface area contributed by atoms with Crippen molar-refractivity contribution in [3.8, 4) is 5.88 Å². The van der Waals surface area contributed by atoms with Crippen LogP contribution >= 0.6 is 0 Å². The Balaban J connectivity index is 1.28. The van der Waals surface area contributed by atoms with Crippen LogP contribution in [0.3, 0.4) is 0 Å². The molecule has 0 aliphatic carbocycles. The first-order valence-electron chi connectivity index (χ1n) is 12.0. The van der Waals surface area contributed by atoms with Crippen molar-refractivity contribution in [1.29, 1.82) is 0 Å². The van der Waals surface area contributed by atoms with E-state index in [1.54, 1.807) is 11.1 Å². The molecule has 0 bridgehead atoms. The number of piperidine rings is 1. The van der Waals surface area contributed by atoms with Gasteiger partial charge in [0.2, 0.25) is 11.8 Å². The number of hydrogen-bond acceptors (Lipinski definition) is 6. The van der Waals surface area contributed by atoms with Crippen LogP contribution in [0.1, 0.15) is 43.7 Å². The Morgan fingerprint density at radius 1 is 1.03 bits per heavy atom. The molecule has 0 radical (unpaired) electrons. The number of carbonyl (C=O) groups excluding carboxylic acids is 2. The molecule has 1 amide bonds. The molecule has 4 rings (SSSR count). The van der Waals surface area contributed by atoms with E-state index < -0.39 is 6.04 Å². The van der Waals surface area contributed by atoms with Crippen molar-refractivity contribution < 1.29 is 19.1 Å². The molecule has 1 aromatic carbocycles. The van der Waals surface area contributed by atoms with Crippen LogP contribution in [0.15, 0.2) is 48.7 Å². The van der Waals surface area contributed by atoms with E-state index >= 15 is 0 Å². The molecule has 1 atom stereocenters. The minimum Gasteiger partial charge on any atom is -0.478 e. The Hall–Kier alpha value is -2.93. The van der Waals surface area contributed by atoms with Crippen molar-refractivity contribution in [3.63, 3.8) is 0 Å². The lowest BCUT2D eigenvalue weighted by Gasteiger charge is -2.34. The molecule has 33 heavy (non-hydrogen) atoms. The smallest absolute Gasteiger partial charge is 0.329 e. The van der Waals surface area contributed by atoms with E-state index in [4.69, 9.17) is 9.47 Å². The van der Waals surface area contributed by atoms with Gasteiger partial charge in [0, 0.05) is 30.8 Å². The van der Waals surface area contributed by atoms with E-state index in [1.165, 1.54) is 0 Å². The summed E-state index contributed by atoms with van der Waals surface area (Å²) in [7, 11) is 0. The number of pyridine rings is 1. The predicted octanol–water partition coefficient (Wildman–Crippen LogP) is 3.43. The fourth-order valence-corrected chi connectivity index (χ4v) is 4.72. The number of hydrogen-bond donors (Lipinski definition) is 0. The van der Waals surface area contributed by atoms with Gasteiger partial charge in [0.25, 0.3) is 0 Å². The highest BCUT2D eigenvalue weighted by Gasteiger charge is 2.39. The molecule has 7 nitrogen and oxygen atoms in total. The molecular weight excluding hydrogens is 418 g/mol. The van der Waals surface area contributed by atoms with E-state index in [1.807, 2.05) is 49.4 Å². The van der Waals surface area contributed by atoms with Gasteiger partial charge in [-0.1, -0.05) is 36.4 Å². The number of nitrogens with zero attached hydrogens (tertiary/aromatic N) is 3. The van der Waals surface area contributed by atoms with E-state index in [2.05, 4.69) is 9.88 Å². The fourth-order valence-electron chi connectivity index (χ4n) is 4.72. The van der Waals surface area contributed by atoms with Gasteiger partial charge in [0.05, 0.1) is 6.61 Å². The molecule has 0 unspecified atom stereocenters. The number of amides is 1. The van der Waals surface area contributed by atoms with Gasteiger partial charge in [-0.05, 0) is 57.3 Å². The zero-order chi connectivity index (χ0) is 23.0. The van der Waals surface area contributed by atoms with Crippen LogP contribution in [0.5, 0.6) is 5.88 Å². The van der Waals surface area contributed by atoms with Crippen LogP contribution in [-0.4, -0.2) is 58.9 Å². The van der Waals surface area contributed by atoms with Crippen molar-refractivity contribution in [3.05, 3.63) is 59.8 Å². The first-order chi connectivity index (χ1) is 16.2. The van der Waals surface area contributed by atoms with E-state index in [-0.39, 0.29) is 24.4 Å². The minimum atomic E-state index is -0.455. The first kappa shape index (κ1) is 23.2. The summed E-state index contributed by atoms with van der Waals surface area (Å²) in [6.07, 6.45) is 4.86. The van der Waals surface area contributed by atoms with Gasteiger partial charge < -0.3 is 14.4 Å². The van der Waals surface area contributed by atoms with Crippen molar-refractivity contribution in [2.24, 2.45) is 5.92 Å². The Kier molecular flexibility index (Phi) is 7.94. The Bertz CT molecular complexity index is 928. The molecule has 0 N–H and O–H groups in total. The topological polar surface area (TPSA) is 72.0 Å². The van der Waals surface area contributed by atoms with Crippen molar-refractivity contribution in [2.75, 3.05) is 26.2 Å². The van der Waals surface area contributed by atoms with Gasteiger partial charge in [0.15, 0.2) is 0 Å². The second-order valence-electron chi connectivity index (χ2n) is 8.73. The standard InChI is InChI=1S/C26H33N3O4/c1-2-32-24-22(10-6-14-27-24)18-28-16-12-21(13-17-28)25(30)29-15-7-11-23(29)26(31)33-19-20-8-4-3-5-9-20/h3-6,8-10,14,21,23H,2,7,11-13,15-19H2,1H3/t23-/m0/s1. The van der Waals surface area contributed by atoms with Crippen molar-refractivity contribution >= 4 is 11.9 Å².